The van der Waals surface area contributed by atoms with E-state index in [0.717, 1.165) is 31.4 Å². The number of hydrogen-bond acceptors (Lipinski definition) is 2. The molecule has 1 unspecified atom stereocenters. The van der Waals surface area contributed by atoms with E-state index in [1.54, 1.807) is 0 Å². The Labute approximate surface area is 142 Å². The van der Waals surface area contributed by atoms with Gasteiger partial charge in [0.25, 0.3) is 0 Å². The maximum atomic E-state index is 5.64. The first-order valence-corrected chi connectivity index (χ1v) is 8.62. The molecule has 3 N–H and O–H groups in total. The molecule has 0 saturated carbocycles. The summed E-state index contributed by atoms with van der Waals surface area (Å²) in [7, 11) is 2.00. The number of nitrogens with one attached hydrogen (secondary N) is 1. The first kappa shape index (κ1) is 19.4. The van der Waals surface area contributed by atoms with E-state index < -0.39 is 0 Å². The maximum absolute atomic E-state index is 5.64. The molecule has 0 fully saturated rings. The Morgan fingerprint density at radius 1 is 1.35 bits per heavy atom. The number of hydrogen-bond donors (Lipinski definition) is 2. The van der Waals surface area contributed by atoms with E-state index in [2.05, 4.69) is 55.7 Å². The van der Waals surface area contributed by atoms with Crippen LogP contribution in [0.5, 0.6) is 0 Å². The van der Waals surface area contributed by atoms with Gasteiger partial charge in [-0.1, -0.05) is 49.9 Å². The predicted octanol–water partition coefficient (Wildman–Crippen LogP) is 4.12. The third-order valence-electron chi connectivity index (χ3n) is 4.21. The minimum absolute atomic E-state index is 0.266. The van der Waals surface area contributed by atoms with Crippen LogP contribution >= 0.6 is 0 Å². The van der Waals surface area contributed by atoms with Crippen molar-refractivity contribution in [2.75, 3.05) is 20.1 Å². The summed E-state index contributed by atoms with van der Waals surface area (Å²) < 4.78 is 0. The zero-order valence-corrected chi connectivity index (χ0v) is 14.8. The molecule has 0 amide bonds. The molecule has 1 rings (SSSR count). The van der Waals surface area contributed by atoms with Crippen LogP contribution in [0.1, 0.15) is 36.5 Å². The highest BCUT2D eigenvalue weighted by molar-refractivity contribution is 5.55. The molecule has 0 bridgehead atoms. The molecule has 0 saturated heterocycles. The minimum atomic E-state index is 0.266. The molecule has 1 aromatic carbocycles. The lowest BCUT2D eigenvalue weighted by atomic mass is 9.95. The van der Waals surface area contributed by atoms with Crippen molar-refractivity contribution in [2.24, 2.45) is 11.7 Å². The molecular formula is C21H32N2. The molecule has 0 heterocycles. The smallest absolute Gasteiger partial charge is 0.00214 e. The summed E-state index contributed by atoms with van der Waals surface area (Å²) in [5.41, 5.74) is 10.8. The lowest BCUT2D eigenvalue weighted by molar-refractivity contribution is 0.700. The Hall–Kier alpha value is -1.64. The summed E-state index contributed by atoms with van der Waals surface area (Å²) in [5.74, 6) is 0.266. The molecule has 2 heteroatoms. The number of allylic oxidation sites excluding steroid dienone is 3. The second kappa shape index (κ2) is 11.0. The van der Waals surface area contributed by atoms with Crippen molar-refractivity contribution in [2.45, 2.75) is 32.6 Å². The van der Waals surface area contributed by atoms with Gasteiger partial charge in [0.1, 0.15) is 0 Å². The fourth-order valence-electron chi connectivity index (χ4n) is 2.74. The maximum Gasteiger partial charge on any atom is 0.00214 e. The van der Waals surface area contributed by atoms with Crippen molar-refractivity contribution in [1.29, 1.82) is 0 Å². The third-order valence-corrected chi connectivity index (χ3v) is 4.21. The Bertz CT molecular complexity index is 529. The van der Waals surface area contributed by atoms with E-state index >= 15 is 0 Å². The van der Waals surface area contributed by atoms with Gasteiger partial charge in [0.05, 0.1) is 0 Å². The highest BCUT2D eigenvalue weighted by Crippen LogP contribution is 2.19. The number of benzene rings is 1. The van der Waals surface area contributed by atoms with Gasteiger partial charge in [0.15, 0.2) is 0 Å². The molecule has 0 aliphatic heterocycles. The minimum Gasteiger partial charge on any atom is -0.330 e. The first-order valence-electron chi connectivity index (χ1n) is 8.62. The van der Waals surface area contributed by atoms with Gasteiger partial charge in [-0.3, -0.25) is 0 Å². The summed E-state index contributed by atoms with van der Waals surface area (Å²) >= 11 is 0. The standard InChI is InChI=1S/C21H32N2/c1-5-19(13-14-22)17(3)9-10-18-11-12-21(8-7-15-23-4)20(6-2)16-18/h5,9-12,16,19,23H,1,3,6-8,13-15,22H2,2,4H3/b10-9+. The van der Waals surface area contributed by atoms with Crippen LogP contribution in [0.25, 0.3) is 6.08 Å². The normalized spacial score (nSPS) is 12.5. The van der Waals surface area contributed by atoms with Crippen LogP contribution in [0, 0.1) is 5.92 Å². The van der Waals surface area contributed by atoms with Crippen LogP contribution in [0.4, 0.5) is 0 Å². The van der Waals surface area contributed by atoms with Crippen LogP contribution in [-0.2, 0) is 12.8 Å². The first-order chi connectivity index (χ1) is 11.2. The lowest BCUT2D eigenvalue weighted by Gasteiger charge is -2.12. The summed E-state index contributed by atoms with van der Waals surface area (Å²) in [6, 6.07) is 6.76. The third kappa shape index (κ3) is 6.55. The van der Waals surface area contributed by atoms with E-state index in [9.17, 15) is 0 Å². The van der Waals surface area contributed by atoms with Gasteiger partial charge in [-0.25, -0.2) is 0 Å². The number of nitrogens with two attached hydrogens (primary N) is 1. The molecule has 23 heavy (non-hydrogen) atoms. The monoisotopic (exact) mass is 312 g/mol. The van der Waals surface area contributed by atoms with Crippen LogP contribution < -0.4 is 11.1 Å². The zero-order chi connectivity index (χ0) is 17.1. The molecule has 0 aliphatic rings. The summed E-state index contributed by atoms with van der Waals surface area (Å²) in [5, 5.41) is 3.21. The van der Waals surface area contributed by atoms with E-state index in [0.29, 0.717) is 6.54 Å². The van der Waals surface area contributed by atoms with Crippen molar-refractivity contribution in [1.82, 2.24) is 5.32 Å². The van der Waals surface area contributed by atoms with E-state index in [-0.39, 0.29) is 5.92 Å². The summed E-state index contributed by atoms with van der Waals surface area (Å²) in [4.78, 5) is 0. The Morgan fingerprint density at radius 3 is 2.74 bits per heavy atom. The quantitative estimate of drug-likeness (QED) is 0.366. The molecule has 1 aromatic rings. The lowest BCUT2D eigenvalue weighted by Crippen LogP contribution is -2.09. The molecule has 1 atom stereocenters. The fourth-order valence-corrected chi connectivity index (χ4v) is 2.74. The van der Waals surface area contributed by atoms with Crippen molar-refractivity contribution < 1.29 is 0 Å². The van der Waals surface area contributed by atoms with Crippen LogP contribution in [0.15, 0.2) is 49.1 Å². The second-order valence-electron chi connectivity index (χ2n) is 5.92. The predicted molar refractivity (Wildman–Crippen MR) is 104 cm³/mol. The van der Waals surface area contributed by atoms with Gasteiger partial charge in [0, 0.05) is 5.92 Å². The molecular weight excluding hydrogens is 280 g/mol. The SMILES string of the molecule is C=CC(CCN)C(=C)/C=C/c1ccc(CCCNC)c(CC)c1. The van der Waals surface area contributed by atoms with Gasteiger partial charge in [-0.05, 0) is 68.1 Å². The Kier molecular flexibility index (Phi) is 9.27. The molecule has 0 spiro atoms. The highest BCUT2D eigenvalue weighted by Gasteiger charge is 2.05. The van der Waals surface area contributed by atoms with Gasteiger partial charge >= 0.3 is 0 Å². The van der Waals surface area contributed by atoms with E-state index in [1.165, 1.54) is 23.1 Å². The summed E-state index contributed by atoms with van der Waals surface area (Å²) in [6.45, 7) is 12.0. The Morgan fingerprint density at radius 2 is 2.13 bits per heavy atom. The van der Waals surface area contributed by atoms with Gasteiger partial charge < -0.3 is 11.1 Å². The largest absolute Gasteiger partial charge is 0.330 e. The highest BCUT2D eigenvalue weighted by atomic mass is 14.8. The van der Waals surface area contributed by atoms with Gasteiger partial charge in [-0.15, -0.1) is 6.58 Å². The zero-order valence-electron chi connectivity index (χ0n) is 14.8. The Balaban J connectivity index is 2.78. The average Bonchev–Trinajstić information content (AvgIpc) is 2.58. The van der Waals surface area contributed by atoms with Crippen molar-refractivity contribution in [3.05, 3.63) is 65.8 Å². The molecule has 0 aliphatic carbocycles. The second-order valence-corrected chi connectivity index (χ2v) is 5.92. The molecule has 0 radical (unpaired) electrons. The van der Waals surface area contributed by atoms with Crippen LogP contribution in [0.3, 0.4) is 0 Å². The van der Waals surface area contributed by atoms with Crippen molar-refractivity contribution in [3.8, 4) is 0 Å². The van der Waals surface area contributed by atoms with Crippen molar-refractivity contribution >= 4 is 6.08 Å². The average molecular weight is 313 g/mol. The number of aryl methyl sites for hydroxylation is 2. The topological polar surface area (TPSA) is 38.0 Å². The van der Waals surface area contributed by atoms with Crippen LogP contribution in [-0.4, -0.2) is 20.1 Å². The molecule has 0 aromatic heterocycles. The molecule has 2 nitrogen and oxygen atoms in total. The van der Waals surface area contributed by atoms with E-state index in [1.807, 2.05) is 13.1 Å². The number of rotatable bonds is 11. The van der Waals surface area contributed by atoms with Gasteiger partial charge in [-0.2, -0.15) is 0 Å². The fraction of sp³-hybridized carbons (Fsp3) is 0.429. The van der Waals surface area contributed by atoms with Crippen molar-refractivity contribution in [3.63, 3.8) is 0 Å². The van der Waals surface area contributed by atoms with Crippen LogP contribution in [0.2, 0.25) is 0 Å². The summed E-state index contributed by atoms with van der Waals surface area (Å²) in [6.07, 6.45) is 10.5. The van der Waals surface area contributed by atoms with Gasteiger partial charge in [0.2, 0.25) is 0 Å². The van der Waals surface area contributed by atoms with E-state index in [4.69, 9.17) is 5.73 Å². The molecule has 126 valence electrons.